The highest BCUT2D eigenvalue weighted by molar-refractivity contribution is 9.10. The number of hydrogen-bond donors (Lipinski definition) is 1. The Morgan fingerprint density at radius 1 is 1.06 bits per heavy atom. The lowest BCUT2D eigenvalue weighted by molar-refractivity contribution is 0.0700. The van der Waals surface area contributed by atoms with Crippen molar-refractivity contribution in [1.29, 1.82) is 0 Å². The van der Waals surface area contributed by atoms with Crippen molar-refractivity contribution in [1.82, 2.24) is 10.4 Å². The number of ether oxygens (including phenoxy) is 1. The zero-order chi connectivity index (χ0) is 24.5. The van der Waals surface area contributed by atoms with Crippen LogP contribution < -0.4 is 10.2 Å². The van der Waals surface area contributed by atoms with Crippen LogP contribution in [0, 0.1) is 13.8 Å². The van der Waals surface area contributed by atoms with Crippen LogP contribution in [0.25, 0.3) is 10.9 Å². The molecule has 0 fully saturated rings. The first-order chi connectivity index (χ1) is 16.9. The van der Waals surface area contributed by atoms with E-state index in [2.05, 4.69) is 31.4 Å². The van der Waals surface area contributed by atoms with Gasteiger partial charge in [-0.15, -0.1) is 0 Å². The Balaban J connectivity index is 1.42. The van der Waals surface area contributed by atoms with E-state index in [0.717, 1.165) is 23.1 Å². The predicted molar refractivity (Wildman–Crippen MR) is 136 cm³/mol. The number of hydrazone groups is 1. The maximum atomic E-state index is 13.1. The van der Waals surface area contributed by atoms with Crippen LogP contribution in [-0.2, 0) is 6.42 Å². The Morgan fingerprint density at radius 2 is 1.89 bits per heavy atom. The number of aromatic nitrogens is 1. The fourth-order valence-electron chi connectivity index (χ4n) is 4.24. The van der Waals surface area contributed by atoms with Crippen LogP contribution in [0.4, 0.5) is 0 Å². The van der Waals surface area contributed by atoms with E-state index in [1.165, 1.54) is 0 Å². The van der Waals surface area contributed by atoms with Crippen molar-refractivity contribution in [2.75, 3.05) is 0 Å². The van der Waals surface area contributed by atoms with E-state index in [9.17, 15) is 9.59 Å². The van der Waals surface area contributed by atoms with Gasteiger partial charge in [-0.3, -0.25) is 4.79 Å². The lowest BCUT2D eigenvalue weighted by Gasteiger charge is -2.13. The van der Waals surface area contributed by atoms with Crippen LogP contribution in [0.1, 0.15) is 56.3 Å². The Morgan fingerprint density at radius 3 is 2.71 bits per heavy atom. The molecule has 7 nitrogen and oxygen atoms in total. The molecule has 0 aliphatic heterocycles. The molecule has 0 saturated heterocycles. The minimum Gasteiger partial charge on any atom is -0.453 e. The SMILES string of the molecule is Cc1ccc2cccc(OC(=O)c3oc4c(c3C)/C(=N/NC(=O)c3ccccc3Br)CCC4)c2n1. The molecule has 1 amide bonds. The van der Waals surface area contributed by atoms with Crippen LogP contribution in [0.15, 0.2) is 68.6 Å². The Hall–Kier alpha value is -3.78. The molecule has 0 atom stereocenters. The summed E-state index contributed by atoms with van der Waals surface area (Å²) in [7, 11) is 0. The fraction of sp³-hybridized carbons (Fsp3) is 0.185. The summed E-state index contributed by atoms with van der Waals surface area (Å²) in [5, 5.41) is 5.27. The number of nitrogens with zero attached hydrogens (tertiary/aromatic N) is 2. The molecule has 35 heavy (non-hydrogen) atoms. The maximum absolute atomic E-state index is 13.1. The van der Waals surface area contributed by atoms with Crippen molar-refractivity contribution in [2.24, 2.45) is 5.10 Å². The van der Waals surface area contributed by atoms with Crippen LogP contribution in [0.5, 0.6) is 5.75 Å². The summed E-state index contributed by atoms with van der Waals surface area (Å²) < 4.78 is 12.4. The van der Waals surface area contributed by atoms with Gasteiger partial charge in [0.25, 0.3) is 5.91 Å². The van der Waals surface area contributed by atoms with Gasteiger partial charge in [-0.2, -0.15) is 5.10 Å². The van der Waals surface area contributed by atoms with Gasteiger partial charge in [0.2, 0.25) is 5.76 Å². The third-order valence-corrected chi connectivity index (χ3v) is 6.64. The highest BCUT2D eigenvalue weighted by Gasteiger charge is 2.29. The number of fused-ring (bicyclic) bond motifs is 2. The fourth-order valence-corrected chi connectivity index (χ4v) is 4.71. The van der Waals surface area contributed by atoms with Gasteiger partial charge in [-0.1, -0.05) is 30.3 Å². The van der Waals surface area contributed by atoms with Gasteiger partial charge in [0, 0.05) is 33.1 Å². The normalized spacial score (nSPS) is 14.1. The average Bonchev–Trinajstić information content (AvgIpc) is 3.20. The molecule has 0 saturated carbocycles. The molecular formula is C27H22BrN3O4. The number of rotatable bonds is 4. The first-order valence-electron chi connectivity index (χ1n) is 11.2. The van der Waals surface area contributed by atoms with Crippen LogP contribution in [0.2, 0.25) is 0 Å². The zero-order valence-corrected chi connectivity index (χ0v) is 20.8. The Kier molecular flexibility index (Phi) is 6.21. The number of para-hydroxylation sites is 1. The summed E-state index contributed by atoms with van der Waals surface area (Å²) >= 11 is 3.39. The van der Waals surface area contributed by atoms with E-state index >= 15 is 0 Å². The van der Waals surface area contributed by atoms with E-state index in [4.69, 9.17) is 9.15 Å². The number of esters is 1. The molecule has 2 aromatic heterocycles. The standard InChI is InChI=1S/C27H22BrN3O4/c1-15-13-14-17-7-5-12-22(24(17)29-15)35-27(33)25-16(2)23-20(10-6-11-21(23)34-25)30-31-26(32)18-8-3-4-9-19(18)28/h3-5,7-9,12-14H,6,10-11H2,1-2H3,(H,31,32)/b30-20+. The summed E-state index contributed by atoms with van der Waals surface area (Å²) in [6.45, 7) is 3.69. The zero-order valence-electron chi connectivity index (χ0n) is 19.2. The molecule has 1 aliphatic rings. The lowest BCUT2D eigenvalue weighted by atomic mass is 9.93. The molecule has 2 heterocycles. The number of carbonyl (C=O) groups excluding carboxylic acids is 2. The monoisotopic (exact) mass is 531 g/mol. The topological polar surface area (TPSA) is 93.8 Å². The molecule has 176 valence electrons. The highest BCUT2D eigenvalue weighted by atomic mass is 79.9. The number of aryl methyl sites for hydroxylation is 2. The van der Waals surface area contributed by atoms with E-state index in [-0.39, 0.29) is 11.7 Å². The van der Waals surface area contributed by atoms with Gasteiger partial charge in [0.1, 0.15) is 11.3 Å². The van der Waals surface area contributed by atoms with Crippen molar-refractivity contribution < 1.29 is 18.7 Å². The number of pyridine rings is 1. The quantitative estimate of drug-likeness (QED) is 0.201. The lowest BCUT2D eigenvalue weighted by Crippen LogP contribution is -2.22. The second kappa shape index (κ2) is 9.46. The predicted octanol–water partition coefficient (Wildman–Crippen LogP) is 5.90. The number of nitrogens with one attached hydrogen (secondary N) is 1. The molecule has 0 radical (unpaired) electrons. The summed E-state index contributed by atoms with van der Waals surface area (Å²) in [6, 6.07) is 16.4. The number of halogens is 1. The smallest absolute Gasteiger partial charge is 0.380 e. The van der Waals surface area contributed by atoms with E-state index < -0.39 is 5.97 Å². The molecule has 1 N–H and O–H groups in total. The molecule has 0 bridgehead atoms. The van der Waals surface area contributed by atoms with Crippen molar-refractivity contribution in [2.45, 2.75) is 33.1 Å². The van der Waals surface area contributed by atoms with Gasteiger partial charge in [-0.05, 0) is 66.9 Å². The summed E-state index contributed by atoms with van der Waals surface area (Å²) in [4.78, 5) is 30.2. The van der Waals surface area contributed by atoms with Gasteiger partial charge >= 0.3 is 5.97 Å². The molecule has 2 aromatic carbocycles. The third-order valence-electron chi connectivity index (χ3n) is 5.95. The number of benzene rings is 2. The van der Waals surface area contributed by atoms with E-state index in [1.54, 1.807) is 31.2 Å². The number of hydrogen-bond acceptors (Lipinski definition) is 6. The number of carbonyl (C=O) groups is 2. The van der Waals surface area contributed by atoms with Crippen LogP contribution >= 0.6 is 15.9 Å². The molecular weight excluding hydrogens is 510 g/mol. The van der Waals surface area contributed by atoms with Gasteiger partial charge in [0.05, 0.1) is 11.3 Å². The van der Waals surface area contributed by atoms with E-state index in [0.29, 0.717) is 51.2 Å². The molecule has 5 rings (SSSR count). The second-order valence-electron chi connectivity index (χ2n) is 8.36. The minimum absolute atomic E-state index is 0.131. The maximum Gasteiger partial charge on any atom is 0.380 e. The molecule has 4 aromatic rings. The summed E-state index contributed by atoms with van der Waals surface area (Å²) in [5.74, 6) is 0.258. The Bertz CT molecular complexity index is 1510. The molecule has 0 spiro atoms. The Labute approximate surface area is 210 Å². The van der Waals surface area contributed by atoms with Crippen molar-refractivity contribution >= 4 is 44.4 Å². The largest absolute Gasteiger partial charge is 0.453 e. The van der Waals surface area contributed by atoms with Gasteiger partial charge in [0.15, 0.2) is 5.75 Å². The number of amides is 1. The molecule has 1 aliphatic carbocycles. The summed E-state index contributed by atoms with van der Waals surface area (Å²) in [5.41, 5.74) is 6.64. The second-order valence-corrected chi connectivity index (χ2v) is 9.21. The van der Waals surface area contributed by atoms with Crippen molar-refractivity contribution in [3.05, 3.63) is 93.0 Å². The molecule has 8 heteroatoms. The summed E-state index contributed by atoms with van der Waals surface area (Å²) in [6.07, 6.45) is 2.13. The minimum atomic E-state index is -0.593. The van der Waals surface area contributed by atoms with Gasteiger partial charge in [-0.25, -0.2) is 15.2 Å². The van der Waals surface area contributed by atoms with E-state index in [1.807, 2.05) is 37.3 Å². The van der Waals surface area contributed by atoms with Crippen LogP contribution in [-0.4, -0.2) is 22.6 Å². The third kappa shape index (κ3) is 4.49. The highest BCUT2D eigenvalue weighted by Crippen LogP contribution is 2.31. The first-order valence-corrected chi connectivity index (χ1v) is 12.0. The molecule has 0 unspecified atom stereocenters. The average molecular weight is 532 g/mol. The first kappa shape index (κ1) is 23.0. The van der Waals surface area contributed by atoms with Crippen molar-refractivity contribution in [3.8, 4) is 5.75 Å². The van der Waals surface area contributed by atoms with Gasteiger partial charge < -0.3 is 9.15 Å². The van der Waals surface area contributed by atoms with Crippen LogP contribution in [0.3, 0.4) is 0 Å². The van der Waals surface area contributed by atoms with Crippen molar-refractivity contribution in [3.63, 3.8) is 0 Å². The number of furan rings is 1.